The molecule has 0 radical (unpaired) electrons. The van der Waals surface area contributed by atoms with Gasteiger partial charge in [-0.1, -0.05) is 56.2 Å². The third kappa shape index (κ3) is 4.31. The fraction of sp³-hybridized carbons (Fsp3) is 0.346. The van der Waals surface area contributed by atoms with Crippen molar-refractivity contribution in [1.29, 1.82) is 0 Å². The zero-order valence-electron chi connectivity index (χ0n) is 18.7. The Labute approximate surface area is 188 Å². The summed E-state index contributed by atoms with van der Waals surface area (Å²) in [5.74, 6) is -0.586. The van der Waals surface area contributed by atoms with Crippen LogP contribution in [0.25, 0.3) is 5.57 Å². The molecule has 2 aliphatic heterocycles. The number of hydrogen-bond donors (Lipinski definition) is 1. The first-order valence-corrected chi connectivity index (χ1v) is 11.3. The lowest BCUT2D eigenvalue weighted by Gasteiger charge is -2.31. The van der Waals surface area contributed by atoms with Gasteiger partial charge in [-0.25, -0.2) is 0 Å². The first kappa shape index (κ1) is 21.8. The lowest BCUT2D eigenvalue weighted by Crippen LogP contribution is -2.37. The van der Waals surface area contributed by atoms with E-state index in [4.69, 9.17) is 0 Å². The molecule has 2 aliphatic rings. The molecule has 166 valence electrons. The molecule has 2 aromatic rings. The van der Waals surface area contributed by atoms with E-state index in [-0.39, 0.29) is 17.7 Å². The third-order valence-corrected chi connectivity index (χ3v) is 6.07. The first-order chi connectivity index (χ1) is 15.5. The molecular formula is C26H29N3O3. The summed E-state index contributed by atoms with van der Waals surface area (Å²) in [6.07, 6.45) is 3.64. The Hall–Kier alpha value is -3.41. The maximum atomic E-state index is 13.5. The molecule has 0 saturated carbocycles. The Morgan fingerprint density at radius 3 is 2.38 bits per heavy atom. The van der Waals surface area contributed by atoms with E-state index in [0.29, 0.717) is 42.2 Å². The molecule has 3 amide bonds. The van der Waals surface area contributed by atoms with Gasteiger partial charge in [0.2, 0.25) is 5.91 Å². The van der Waals surface area contributed by atoms with E-state index >= 15 is 0 Å². The van der Waals surface area contributed by atoms with Gasteiger partial charge in [-0.05, 0) is 41.7 Å². The molecule has 32 heavy (non-hydrogen) atoms. The molecule has 0 bridgehead atoms. The number of benzene rings is 2. The average molecular weight is 432 g/mol. The van der Waals surface area contributed by atoms with Crippen LogP contribution in [0, 0.1) is 0 Å². The minimum absolute atomic E-state index is 0.154. The predicted octanol–water partition coefficient (Wildman–Crippen LogP) is 3.97. The largest absolute Gasteiger partial charge is 0.362 e. The quantitative estimate of drug-likeness (QED) is 0.532. The second-order valence-electron chi connectivity index (χ2n) is 8.39. The van der Waals surface area contributed by atoms with Gasteiger partial charge in [-0.15, -0.1) is 0 Å². The maximum Gasteiger partial charge on any atom is 0.277 e. The molecule has 0 saturated heterocycles. The summed E-state index contributed by atoms with van der Waals surface area (Å²) in [7, 11) is 0. The van der Waals surface area contributed by atoms with Gasteiger partial charge in [0.25, 0.3) is 11.8 Å². The number of anilines is 1. The SMILES string of the molecule is CCCCCN1C(=O)C(c2ccc(NC(C)=O)cc2)=C(N2CCc3ccccc3C2)C1=O. The minimum atomic E-state index is -0.229. The van der Waals surface area contributed by atoms with Crippen molar-refractivity contribution in [1.82, 2.24) is 9.80 Å². The number of carbonyl (C=O) groups is 3. The van der Waals surface area contributed by atoms with Crippen LogP contribution in [0.1, 0.15) is 49.8 Å². The molecule has 6 nitrogen and oxygen atoms in total. The molecule has 0 aromatic heterocycles. The van der Waals surface area contributed by atoms with Crippen molar-refractivity contribution in [3.63, 3.8) is 0 Å². The van der Waals surface area contributed by atoms with Crippen LogP contribution in [-0.2, 0) is 27.3 Å². The molecule has 6 heteroatoms. The molecule has 2 heterocycles. The summed E-state index contributed by atoms with van der Waals surface area (Å²) < 4.78 is 0. The Bertz CT molecular complexity index is 1070. The summed E-state index contributed by atoms with van der Waals surface area (Å²) in [6.45, 7) is 5.30. The highest BCUT2D eigenvalue weighted by atomic mass is 16.2. The monoisotopic (exact) mass is 431 g/mol. The maximum absolute atomic E-state index is 13.5. The number of carbonyl (C=O) groups excluding carboxylic acids is 3. The normalized spacial score (nSPS) is 15.9. The summed E-state index contributed by atoms with van der Waals surface area (Å²) >= 11 is 0. The van der Waals surface area contributed by atoms with E-state index in [0.717, 1.165) is 25.7 Å². The van der Waals surface area contributed by atoms with Gasteiger partial charge in [-0.3, -0.25) is 19.3 Å². The number of hydrogen-bond acceptors (Lipinski definition) is 4. The van der Waals surface area contributed by atoms with Crippen LogP contribution < -0.4 is 5.32 Å². The summed E-state index contributed by atoms with van der Waals surface area (Å²) in [6, 6.07) is 15.4. The predicted molar refractivity (Wildman–Crippen MR) is 124 cm³/mol. The Balaban J connectivity index is 1.70. The van der Waals surface area contributed by atoms with Gasteiger partial charge in [0, 0.05) is 32.2 Å². The van der Waals surface area contributed by atoms with Crippen LogP contribution in [-0.4, -0.2) is 40.6 Å². The van der Waals surface area contributed by atoms with Gasteiger partial charge in [-0.2, -0.15) is 0 Å². The van der Waals surface area contributed by atoms with E-state index in [9.17, 15) is 14.4 Å². The van der Waals surface area contributed by atoms with Gasteiger partial charge < -0.3 is 10.2 Å². The number of amides is 3. The highest BCUT2D eigenvalue weighted by Crippen LogP contribution is 2.35. The molecule has 0 spiro atoms. The fourth-order valence-electron chi connectivity index (χ4n) is 4.45. The fourth-order valence-corrected chi connectivity index (χ4v) is 4.45. The van der Waals surface area contributed by atoms with Crippen molar-refractivity contribution < 1.29 is 14.4 Å². The molecule has 0 aliphatic carbocycles. The Morgan fingerprint density at radius 2 is 1.69 bits per heavy atom. The molecule has 4 rings (SSSR count). The molecule has 0 fully saturated rings. The van der Waals surface area contributed by atoms with Crippen molar-refractivity contribution in [3.8, 4) is 0 Å². The Morgan fingerprint density at radius 1 is 0.969 bits per heavy atom. The van der Waals surface area contributed by atoms with Crippen LogP contribution >= 0.6 is 0 Å². The number of nitrogens with zero attached hydrogens (tertiary/aromatic N) is 2. The van der Waals surface area contributed by atoms with Gasteiger partial charge >= 0.3 is 0 Å². The van der Waals surface area contributed by atoms with E-state index in [1.807, 2.05) is 12.1 Å². The lowest BCUT2D eigenvalue weighted by molar-refractivity contribution is -0.137. The molecule has 0 atom stereocenters. The van der Waals surface area contributed by atoms with Crippen molar-refractivity contribution in [2.24, 2.45) is 0 Å². The summed E-state index contributed by atoms with van der Waals surface area (Å²) in [4.78, 5) is 41.7. The molecule has 2 aromatic carbocycles. The highest BCUT2D eigenvalue weighted by molar-refractivity contribution is 6.35. The second-order valence-corrected chi connectivity index (χ2v) is 8.39. The smallest absolute Gasteiger partial charge is 0.277 e. The number of unbranched alkanes of at least 4 members (excludes halogenated alkanes) is 2. The minimum Gasteiger partial charge on any atom is -0.362 e. The van der Waals surface area contributed by atoms with Crippen LogP contribution in [0.5, 0.6) is 0 Å². The number of rotatable bonds is 7. The third-order valence-electron chi connectivity index (χ3n) is 6.07. The second kappa shape index (κ2) is 9.39. The highest BCUT2D eigenvalue weighted by Gasteiger charge is 2.41. The zero-order valence-corrected chi connectivity index (χ0v) is 18.7. The van der Waals surface area contributed by atoms with E-state index < -0.39 is 0 Å². The standard InChI is InChI=1S/C26H29N3O3/c1-3-4-7-15-29-25(31)23(20-10-12-22(13-11-20)27-18(2)30)24(26(29)32)28-16-14-19-8-5-6-9-21(19)17-28/h5-6,8-13H,3-4,7,14-17H2,1-2H3,(H,27,30). The zero-order chi connectivity index (χ0) is 22.7. The molecule has 1 N–H and O–H groups in total. The summed E-state index contributed by atoms with van der Waals surface area (Å²) in [5, 5.41) is 2.74. The van der Waals surface area contributed by atoms with Crippen LogP contribution in [0.15, 0.2) is 54.2 Å². The number of nitrogens with one attached hydrogen (secondary N) is 1. The first-order valence-electron chi connectivity index (χ1n) is 11.3. The number of fused-ring (bicyclic) bond motifs is 1. The van der Waals surface area contributed by atoms with Gasteiger partial charge in [0.1, 0.15) is 5.70 Å². The van der Waals surface area contributed by atoms with Crippen molar-refractivity contribution in [2.45, 2.75) is 46.1 Å². The van der Waals surface area contributed by atoms with Crippen LogP contribution in [0.3, 0.4) is 0 Å². The molecule has 0 unspecified atom stereocenters. The van der Waals surface area contributed by atoms with Crippen molar-refractivity contribution >= 4 is 29.0 Å². The topological polar surface area (TPSA) is 69.7 Å². The van der Waals surface area contributed by atoms with Crippen LogP contribution in [0.4, 0.5) is 5.69 Å². The van der Waals surface area contributed by atoms with E-state index in [2.05, 4.69) is 29.3 Å². The average Bonchev–Trinajstić information content (AvgIpc) is 3.04. The van der Waals surface area contributed by atoms with E-state index in [1.54, 1.807) is 24.3 Å². The van der Waals surface area contributed by atoms with Gasteiger partial charge in [0.05, 0.1) is 5.57 Å². The van der Waals surface area contributed by atoms with E-state index in [1.165, 1.54) is 23.0 Å². The summed E-state index contributed by atoms with van der Waals surface area (Å²) in [5.41, 5.74) is 4.79. The van der Waals surface area contributed by atoms with Crippen molar-refractivity contribution in [3.05, 3.63) is 70.9 Å². The van der Waals surface area contributed by atoms with Gasteiger partial charge in [0.15, 0.2) is 0 Å². The van der Waals surface area contributed by atoms with Crippen molar-refractivity contribution in [2.75, 3.05) is 18.4 Å². The number of imide groups is 1. The lowest BCUT2D eigenvalue weighted by atomic mass is 9.97. The van der Waals surface area contributed by atoms with Crippen LogP contribution in [0.2, 0.25) is 0 Å². The molecular weight excluding hydrogens is 402 g/mol. The Kier molecular flexibility index (Phi) is 6.40.